The van der Waals surface area contributed by atoms with Gasteiger partial charge in [0, 0.05) is 25.0 Å². The van der Waals surface area contributed by atoms with Gasteiger partial charge in [-0.1, -0.05) is 30.3 Å². The molecule has 0 spiro atoms. The van der Waals surface area contributed by atoms with Gasteiger partial charge in [0.1, 0.15) is 0 Å². The molecule has 0 atom stereocenters. The first-order valence-corrected chi connectivity index (χ1v) is 6.53. The van der Waals surface area contributed by atoms with E-state index in [-0.39, 0.29) is 11.6 Å². The zero-order chi connectivity index (χ0) is 13.7. The van der Waals surface area contributed by atoms with Crippen molar-refractivity contribution in [1.29, 1.82) is 0 Å². The molecular weight excluding hydrogens is 238 g/mol. The van der Waals surface area contributed by atoms with Crippen LogP contribution in [0.15, 0.2) is 47.5 Å². The number of anilines is 1. The van der Waals surface area contributed by atoms with Gasteiger partial charge in [0.25, 0.3) is 5.56 Å². The fourth-order valence-corrected chi connectivity index (χ4v) is 1.92. The molecule has 2 rings (SSSR count). The average molecular weight is 257 g/mol. The van der Waals surface area contributed by atoms with E-state index in [0.717, 1.165) is 6.42 Å². The molecule has 2 aromatic rings. The maximum absolute atomic E-state index is 12.1. The molecule has 0 fully saturated rings. The second-order valence-corrected chi connectivity index (χ2v) is 4.74. The number of benzene rings is 1. The molecule has 19 heavy (non-hydrogen) atoms. The summed E-state index contributed by atoms with van der Waals surface area (Å²) in [6.45, 7) is 4.67. The Morgan fingerprint density at radius 2 is 2.00 bits per heavy atom. The van der Waals surface area contributed by atoms with Gasteiger partial charge in [-0.25, -0.2) is 4.98 Å². The average Bonchev–Trinajstić information content (AvgIpc) is 2.41. The second kappa shape index (κ2) is 6.18. The summed E-state index contributed by atoms with van der Waals surface area (Å²) in [7, 11) is 0. The zero-order valence-electron chi connectivity index (χ0n) is 11.3. The number of rotatable bonds is 5. The summed E-state index contributed by atoms with van der Waals surface area (Å²) in [5.74, 6) is 0.423. The van der Waals surface area contributed by atoms with Gasteiger partial charge in [0.15, 0.2) is 5.82 Å². The largest absolute Gasteiger partial charge is 0.365 e. The fraction of sp³-hybridized carbons (Fsp3) is 0.333. The van der Waals surface area contributed by atoms with Crippen LogP contribution in [0.2, 0.25) is 0 Å². The van der Waals surface area contributed by atoms with Gasteiger partial charge < -0.3 is 9.88 Å². The third kappa shape index (κ3) is 3.44. The predicted octanol–water partition coefficient (Wildman–Crippen LogP) is 2.48. The molecule has 4 nitrogen and oxygen atoms in total. The quantitative estimate of drug-likeness (QED) is 0.895. The Balaban J connectivity index is 2.01. The summed E-state index contributed by atoms with van der Waals surface area (Å²) in [5.41, 5.74) is 1.18. The van der Waals surface area contributed by atoms with Crippen LogP contribution >= 0.6 is 0 Å². The van der Waals surface area contributed by atoms with Crippen molar-refractivity contribution in [2.45, 2.75) is 26.3 Å². The SMILES string of the molecule is CC(C)n1ccnc(NCCc2ccccc2)c1=O. The van der Waals surface area contributed by atoms with Gasteiger partial charge >= 0.3 is 0 Å². The third-order valence-corrected chi connectivity index (χ3v) is 2.97. The van der Waals surface area contributed by atoms with E-state index in [2.05, 4.69) is 22.4 Å². The summed E-state index contributed by atoms with van der Waals surface area (Å²) in [5, 5.41) is 3.11. The van der Waals surface area contributed by atoms with Gasteiger partial charge in [-0.2, -0.15) is 0 Å². The van der Waals surface area contributed by atoms with E-state index in [1.165, 1.54) is 5.56 Å². The van der Waals surface area contributed by atoms with Gasteiger partial charge in [-0.15, -0.1) is 0 Å². The molecule has 0 bridgehead atoms. The van der Waals surface area contributed by atoms with E-state index in [1.807, 2.05) is 32.0 Å². The van der Waals surface area contributed by atoms with Gasteiger partial charge in [0.2, 0.25) is 0 Å². The van der Waals surface area contributed by atoms with Crippen molar-refractivity contribution in [2.24, 2.45) is 0 Å². The van der Waals surface area contributed by atoms with E-state index in [1.54, 1.807) is 17.0 Å². The van der Waals surface area contributed by atoms with E-state index < -0.39 is 0 Å². The molecule has 0 radical (unpaired) electrons. The molecule has 0 amide bonds. The lowest BCUT2D eigenvalue weighted by Gasteiger charge is -2.11. The van der Waals surface area contributed by atoms with Crippen molar-refractivity contribution in [3.63, 3.8) is 0 Å². The highest BCUT2D eigenvalue weighted by Crippen LogP contribution is 2.03. The molecule has 0 saturated heterocycles. The molecule has 1 aromatic heterocycles. The predicted molar refractivity (Wildman–Crippen MR) is 77.5 cm³/mol. The molecule has 100 valence electrons. The number of hydrogen-bond acceptors (Lipinski definition) is 3. The molecule has 0 aliphatic heterocycles. The smallest absolute Gasteiger partial charge is 0.293 e. The standard InChI is InChI=1S/C15H19N3O/c1-12(2)18-11-10-17-14(15(18)19)16-9-8-13-6-4-3-5-7-13/h3-7,10-12H,8-9H2,1-2H3,(H,16,17). The summed E-state index contributed by atoms with van der Waals surface area (Å²) < 4.78 is 1.68. The van der Waals surface area contributed by atoms with Crippen molar-refractivity contribution in [3.05, 3.63) is 58.6 Å². The lowest BCUT2D eigenvalue weighted by molar-refractivity contribution is 0.575. The Morgan fingerprint density at radius 1 is 1.26 bits per heavy atom. The first-order valence-electron chi connectivity index (χ1n) is 6.53. The molecule has 4 heteroatoms. The Bertz CT molecular complexity index is 575. The van der Waals surface area contributed by atoms with Crippen LogP contribution in [-0.4, -0.2) is 16.1 Å². The minimum absolute atomic E-state index is 0.0643. The van der Waals surface area contributed by atoms with Crippen molar-refractivity contribution in [2.75, 3.05) is 11.9 Å². The first kappa shape index (κ1) is 13.3. The van der Waals surface area contributed by atoms with Gasteiger partial charge in [-0.3, -0.25) is 4.79 Å². The minimum atomic E-state index is -0.0643. The van der Waals surface area contributed by atoms with Crippen LogP contribution in [-0.2, 0) is 6.42 Å². The van der Waals surface area contributed by atoms with Crippen LogP contribution in [0.5, 0.6) is 0 Å². The zero-order valence-corrected chi connectivity index (χ0v) is 11.3. The van der Waals surface area contributed by atoms with Crippen molar-refractivity contribution < 1.29 is 0 Å². The summed E-state index contributed by atoms with van der Waals surface area (Å²) >= 11 is 0. The van der Waals surface area contributed by atoms with Crippen molar-refractivity contribution in [1.82, 2.24) is 9.55 Å². The summed E-state index contributed by atoms with van der Waals surface area (Å²) in [4.78, 5) is 16.2. The summed E-state index contributed by atoms with van der Waals surface area (Å²) in [6.07, 6.45) is 4.25. The first-order chi connectivity index (χ1) is 9.18. The normalized spacial score (nSPS) is 10.7. The molecule has 1 N–H and O–H groups in total. The molecule has 0 aliphatic rings. The molecule has 0 unspecified atom stereocenters. The number of aromatic nitrogens is 2. The van der Waals surface area contributed by atoms with Crippen LogP contribution in [0.1, 0.15) is 25.5 Å². The molecule has 1 aromatic carbocycles. The highest BCUT2D eigenvalue weighted by Gasteiger charge is 2.06. The van der Waals surface area contributed by atoms with Crippen LogP contribution in [0.3, 0.4) is 0 Å². The molecule has 0 aliphatic carbocycles. The van der Waals surface area contributed by atoms with Crippen molar-refractivity contribution in [3.8, 4) is 0 Å². The minimum Gasteiger partial charge on any atom is -0.365 e. The summed E-state index contributed by atoms with van der Waals surface area (Å²) in [6, 6.07) is 10.3. The molecular formula is C15H19N3O. The molecule has 0 saturated carbocycles. The highest BCUT2D eigenvalue weighted by molar-refractivity contribution is 5.31. The van der Waals surface area contributed by atoms with Crippen molar-refractivity contribution >= 4 is 5.82 Å². The van der Waals surface area contributed by atoms with Crippen LogP contribution < -0.4 is 10.9 Å². The Hall–Kier alpha value is -2.10. The Kier molecular flexibility index (Phi) is 4.34. The van der Waals surface area contributed by atoms with Crippen LogP contribution in [0.4, 0.5) is 5.82 Å². The highest BCUT2D eigenvalue weighted by atomic mass is 16.1. The Morgan fingerprint density at radius 3 is 2.68 bits per heavy atom. The van der Waals surface area contributed by atoms with Gasteiger partial charge in [0.05, 0.1) is 0 Å². The van der Waals surface area contributed by atoms with E-state index in [0.29, 0.717) is 12.4 Å². The monoisotopic (exact) mass is 257 g/mol. The lowest BCUT2D eigenvalue weighted by Crippen LogP contribution is -2.26. The lowest BCUT2D eigenvalue weighted by atomic mass is 10.1. The third-order valence-electron chi connectivity index (χ3n) is 2.97. The van der Waals surface area contributed by atoms with E-state index in [9.17, 15) is 4.79 Å². The number of nitrogens with zero attached hydrogens (tertiary/aromatic N) is 2. The van der Waals surface area contributed by atoms with Gasteiger partial charge in [-0.05, 0) is 25.8 Å². The molecule has 1 heterocycles. The maximum atomic E-state index is 12.1. The van der Waals surface area contributed by atoms with E-state index in [4.69, 9.17) is 0 Å². The van der Waals surface area contributed by atoms with Crippen LogP contribution in [0.25, 0.3) is 0 Å². The maximum Gasteiger partial charge on any atom is 0.293 e. The fourth-order valence-electron chi connectivity index (χ4n) is 1.92. The topological polar surface area (TPSA) is 46.9 Å². The number of nitrogens with one attached hydrogen (secondary N) is 1. The second-order valence-electron chi connectivity index (χ2n) is 4.74. The number of hydrogen-bond donors (Lipinski definition) is 1. The Labute approximate surface area is 113 Å². The van der Waals surface area contributed by atoms with Crippen LogP contribution in [0, 0.1) is 0 Å². The van der Waals surface area contributed by atoms with E-state index >= 15 is 0 Å².